The molecular weight excluding hydrogens is 364 g/mol. The summed E-state index contributed by atoms with van der Waals surface area (Å²) < 4.78 is 5.66. The Bertz CT molecular complexity index is 808. The molecule has 2 aromatic rings. The molecule has 27 heavy (non-hydrogen) atoms. The van der Waals surface area contributed by atoms with E-state index >= 15 is 0 Å². The number of benzene rings is 2. The molecule has 0 aromatic heterocycles. The maximum absolute atomic E-state index is 12.1. The average molecular weight is 389 g/mol. The van der Waals surface area contributed by atoms with Crippen molar-refractivity contribution < 1.29 is 14.3 Å². The molecule has 144 valence electrons. The zero-order chi connectivity index (χ0) is 19.8. The fraction of sp³-hybridized carbons (Fsp3) is 0.333. The van der Waals surface area contributed by atoms with Crippen LogP contribution < -0.4 is 15.4 Å². The SMILES string of the molecule is CC(=O)Nc1cccc(C(C)NC(=O)CCCOc2ccc(Cl)c(C)c2)c1. The van der Waals surface area contributed by atoms with Gasteiger partial charge in [-0.1, -0.05) is 23.7 Å². The normalized spacial score (nSPS) is 11.6. The van der Waals surface area contributed by atoms with Crippen LogP contribution in [0.5, 0.6) is 5.75 Å². The summed E-state index contributed by atoms with van der Waals surface area (Å²) in [6.45, 7) is 5.76. The van der Waals surface area contributed by atoms with Crippen LogP contribution in [0.1, 0.15) is 43.9 Å². The van der Waals surface area contributed by atoms with Crippen LogP contribution in [0.3, 0.4) is 0 Å². The first-order valence-electron chi connectivity index (χ1n) is 8.91. The van der Waals surface area contributed by atoms with E-state index in [1.165, 1.54) is 6.92 Å². The third-order valence-corrected chi connectivity index (χ3v) is 4.45. The van der Waals surface area contributed by atoms with Crippen LogP contribution in [0, 0.1) is 6.92 Å². The molecule has 2 amide bonds. The molecule has 2 N–H and O–H groups in total. The lowest BCUT2D eigenvalue weighted by atomic mass is 10.1. The molecule has 5 nitrogen and oxygen atoms in total. The van der Waals surface area contributed by atoms with E-state index in [-0.39, 0.29) is 17.9 Å². The second kappa shape index (κ2) is 9.97. The minimum Gasteiger partial charge on any atom is -0.494 e. The molecule has 2 rings (SSSR count). The zero-order valence-electron chi connectivity index (χ0n) is 15.8. The van der Waals surface area contributed by atoms with Crippen molar-refractivity contribution in [1.82, 2.24) is 5.32 Å². The standard InChI is InChI=1S/C21H25ClN2O3/c1-14-12-19(9-10-20(14)22)27-11-5-8-21(26)23-15(2)17-6-4-7-18(13-17)24-16(3)25/h4,6-7,9-10,12-13,15H,5,8,11H2,1-3H3,(H,23,26)(H,24,25). The first-order valence-corrected chi connectivity index (χ1v) is 9.29. The van der Waals surface area contributed by atoms with Crippen LogP contribution in [0.15, 0.2) is 42.5 Å². The molecule has 0 fully saturated rings. The Hall–Kier alpha value is -2.53. The van der Waals surface area contributed by atoms with Gasteiger partial charge in [0.2, 0.25) is 11.8 Å². The van der Waals surface area contributed by atoms with E-state index in [4.69, 9.17) is 16.3 Å². The Morgan fingerprint density at radius 2 is 1.96 bits per heavy atom. The van der Waals surface area contributed by atoms with Gasteiger partial charge in [0.25, 0.3) is 0 Å². The maximum Gasteiger partial charge on any atom is 0.221 e. The molecule has 1 atom stereocenters. The van der Waals surface area contributed by atoms with Crippen molar-refractivity contribution in [2.75, 3.05) is 11.9 Å². The van der Waals surface area contributed by atoms with Crippen LogP contribution in [0.2, 0.25) is 5.02 Å². The molecule has 0 spiro atoms. The Balaban J connectivity index is 1.76. The number of ether oxygens (including phenoxy) is 1. The smallest absolute Gasteiger partial charge is 0.221 e. The third kappa shape index (κ3) is 6.94. The Kier molecular flexibility index (Phi) is 7.67. The van der Waals surface area contributed by atoms with Crippen LogP contribution >= 0.6 is 11.6 Å². The van der Waals surface area contributed by atoms with E-state index in [9.17, 15) is 9.59 Å². The van der Waals surface area contributed by atoms with Crippen LogP contribution in [-0.2, 0) is 9.59 Å². The van der Waals surface area contributed by atoms with Gasteiger partial charge in [-0.3, -0.25) is 9.59 Å². The predicted molar refractivity (Wildman–Crippen MR) is 108 cm³/mol. The van der Waals surface area contributed by atoms with E-state index in [1.807, 2.05) is 50.2 Å². The van der Waals surface area contributed by atoms with Crippen molar-refractivity contribution >= 4 is 29.1 Å². The third-order valence-electron chi connectivity index (χ3n) is 4.03. The molecule has 1 unspecified atom stereocenters. The van der Waals surface area contributed by atoms with E-state index < -0.39 is 0 Å². The van der Waals surface area contributed by atoms with Crippen molar-refractivity contribution in [3.05, 3.63) is 58.6 Å². The fourth-order valence-electron chi connectivity index (χ4n) is 2.62. The summed E-state index contributed by atoms with van der Waals surface area (Å²) in [5.74, 6) is 0.587. The van der Waals surface area contributed by atoms with Crippen molar-refractivity contribution in [3.63, 3.8) is 0 Å². The minimum absolute atomic E-state index is 0.0386. The number of amides is 2. The topological polar surface area (TPSA) is 67.4 Å². The number of aryl methyl sites for hydroxylation is 1. The van der Waals surface area contributed by atoms with E-state index in [0.29, 0.717) is 30.2 Å². The summed E-state index contributed by atoms with van der Waals surface area (Å²) >= 11 is 5.99. The fourth-order valence-corrected chi connectivity index (χ4v) is 2.73. The Labute approximate surface area is 165 Å². The minimum atomic E-state index is -0.147. The number of halogens is 1. The average Bonchev–Trinajstić information content (AvgIpc) is 2.61. The highest BCUT2D eigenvalue weighted by atomic mass is 35.5. The molecule has 0 aliphatic carbocycles. The van der Waals surface area contributed by atoms with Gasteiger partial charge in [0.05, 0.1) is 12.6 Å². The molecule has 0 aliphatic heterocycles. The summed E-state index contributed by atoms with van der Waals surface area (Å²) in [7, 11) is 0. The number of anilines is 1. The predicted octanol–water partition coefficient (Wildman–Crippen LogP) is 4.64. The molecule has 0 bridgehead atoms. The number of hydrogen-bond donors (Lipinski definition) is 2. The maximum atomic E-state index is 12.1. The van der Waals surface area contributed by atoms with Gasteiger partial charge >= 0.3 is 0 Å². The molecule has 2 aromatic carbocycles. The van der Waals surface area contributed by atoms with Gasteiger partial charge in [0.1, 0.15) is 5.75 Å². The monoisotopic (exact) mass is 388 g/mol. The Morgan fingerprint density at radius 3 is 2.67 bits per heavy atom. The number of hydrogen-bond acceptors (Lipinski definition) is 3. The molecular formula is C21H25ClN2O3. The highest BCUT2D eigenvalue weighted by molar-refractivity contribution is 6.31. The summed E-state index contributed by atoms with van der Waals surface area (Å²) in [4.78, 5) is 23.3. The van der Waals surface area contributed by atoms with Gasteiger partial charge in [0, 0.05) is 24.1 Å². The van der Waals surface area contributed by atoms with Gasteiger partial charge in [-0.05, 0) is 61.7 Å². The number of carbonyl (C=O) groups excluding carboxylic acids is 2. The summed E-state index contributed by atoms with van der Waals surface area (Å²) in [5.41, 5.74) is 2.61. The first kappa shape index (κ1) is 20.8. The van der Waals surface area contributed by atoms with Gasteiger partial charge < -0.3 is 15.4 Å². The summed E-state index contributed by atoms with van der Waals surface area (Å²) in [5, 5.41) is 6.42. The van der Waals surface area contributed by atoms with Crippen molar-refractivity contribution in [1.29, 1.82) is 0 Å². The molecule has 0 saturated carbocycles. The van der Waals surface area contributed by atoms with Crippen molar-refractivity contribution in [2.24, 2.45) is 0 Å². The van der Waals surface area contributed by atoms with Crippen molar-refractivity contribution in [3.8, 4) is 5.75 Å². The first-order chi connectivity index (χ1) is 12.8. The second-order valence-corrected chi connectivity index (χ2v) is 6.87. The number of nitrogens with one attached hydrogen (secondary N) is 2. The van der Waals surface area contributed by atoms with E-state index in [1.54, 1.807) is 6.07 Å². The lowest BCUT2D eigenvalue weighted by Gasteiger charge is -2.15. The van der Waals surface area contributed by atoms with Gasteiger partial charge in [0.15, 0.2) is 0 Å². The largest absolute Gasteiger partial charge is 0.494 e. The highest BCUT2D eigenvalue weighted by Crippen LogP contribution is 2.21. The lowest BCUT2D eigenvalue weighted by Crippen LogP contribution is -2.26. The zero-order valence-corrected chi connectivity index (χ0v) is 16.6. The number of rotatable bonds is 8. The van der Waals surface area contributed by atoms with Gasteiger partial charge in [-0.15, -0.1) is 0 Å². The molecule has 0 saturated heterocycles. The molecule has 6 heteroatoms. The van der Waals surface area contributed by atoms with Crippen molar-refractivity contribution in [2.45, 2.75) is 39.7 Å². The molecule has 0 radical (unpaired) electrons. The highest BCUT2D eigenvalue weighted by Gasteiger charge is 2.10. The van der Waals surface area contributed by atoms with Gasteiger partial charge in [-0.2, -0.15) is 0 Å². The van der Waals surface area contributed by atoms with E-state index in [0.717, 1.165) is 16.9 Å². The summed E-state index contributed by atoms with van der Waals surface area (Å²) in [6, 6.07) is 12.8. The van der Waals surface area contributed by atoms with E-state index in [2.05, 4.69) is 10.6 Å². The van der Waals surface area contributed by atoms with Gasteiger partial charge in [-0.25, -0.2) is 0 Å². The quantitative estimate of drug-likeness (QED) is 0.647. The number of carbonyl (C=O) groups is 2. The van der Waals surface area contributed by atoms with Crippen LogP contribution in [0.25, 0.3) is 0 Å². The lowest BCUT2D eigenvalue weighted by molar-refractivity contribution is -0.122. The van der Waals surface area contributed by atoms with Crippen LogP contribution in [-0.4, -0.2) is 18.4 Å². The second-order valence-electron chi connectivity index (χ2n) is 6.46. The van der Waals surface area contributed by atoms with Crippen LogP contribution in [0.4, 0.5) is 5.69 Å². The Morgan fingerprint density at radius 1 is 1.19 bits per heavy atom. The molecule has 0 aliphatic rings. The summed E-state index contributed by atoms with van der Waals surface area (Å²) in [6.07, 6.45) is 0.995. The molecule has 0 heterocycles.